The normalized spacial score (nSPS) is 13.2. The number of esters is 1. The fourth-order valence-electron chi connectivity index (χ4n) is 2.97. The van der Waals surface area contributed by atoms with Gasteiger partial charge < -0.3 is 19.9 Å². The van der Waals surface area contributed by atoms with Crippen LogP contribution < -0.4 is 10.6 Å². The minimum atomic E-state index is -0.363. The lowest BCUT2D eigenvalue weighted by Crippen LogP contribution is -2.17. The van der Waals surface area contributed by atoms with Crippen LogP contribution in [-0.4, -0.2) is 45.3 Å². The van der Waals surface area contributed by atoms with Crippen molar-refractivity contribution in [3.63, 3.8) is 0 Å². The molecule has 4 heterocycles. The molecule has 0 amide bonds. The molecular weight excluding hydrogens is 396 g/mol. The highest BCUT2D eigenvalue weighted by atomic mass is 32.2. The predicted octanol–water partition coefficient (Wildman–Crippen LogP) is 2.52. The summed E-state index contributed by atoms with van der Waals surface area (Å²) in [6.07, 6.45) is 4.75. The fraction of sp³-hybridized carbons (Fsp3) is 0.333. The smallest absolute Gasteiger partial charge is 0.341 e. The van der Waals surface area contributed by atoms with E-state index in [2.05, 4.69) is 15.0 Å². The fourth-order valence-corrected chi connectivity index (χ4v) is 5.41. The van der Waals surface area contributed by atoms with Crippen LogP contribution >= 0.6 is 23.1 Å². The molecular formula is C18H20N6O2S2. The predicted molar refractivity (Wildman–Crippen MR) is 111 cm³/mol. The first kappa shape index (κ1) is 18.8. The Morgan fingerprint density at radius 3 is 2.82 bits per heavy atom. The average molecular weight is 417 g/mol. The molecule has 8 nitrogen and oxygen atoms in total. The van der Waals surface area contributed by atoms with Crippen LogP contribution in [0.25, 0.3) is 5.00 Å². The third-order valence-corrected chi connectivity index (χ3v) is 6.68. The van der Waals surface area contributed by atoms with Crippen molar-refractivity contribution < 1.29 is 9.53 Å². The molecule has 0 spiro atoms. The standard InChI is InChI=1S/C18H20N6O2S2/c1-23(2)18-21-13(20-17(19)22-18)9-26-16(25)14-11-5-8-27-10-12(11)28-15(14)24-6-3-4-7-24/h3-4,6-7H,5,8-10H2,1-2H3,(H2,19,20,21,22). The summed E-state index contributed by atoms with van der Waals surface area (Å²) in [5, 5.41) is 0.895. The molecule has 1 aliphatic heterocycles. The second-order valence-corrected chi connectivity index (χ2v) is 8.65. The van der Waals surface area contributed by atoms with Gasteiger partial charge in [0.2, 0.25) is 11.9 Å². The highest BCUT2D eigenvalue weighted by Crippen LogP contribution is 2.38. The molecule has 0 saturated heterocycles. The number of carbonyl (C=O) groups is 1. The zero-order chi connectivity index (χ0) is 19.7. The molecule has 28 heavy (non-hydrogen) atoms. The van der Waals surface area contributed by atoms with Crippen LogP contribution in [0, 0.1) is 0 Å². The average Bonchev–Trinajstić information content (AvgIpc) is 3.33. The molecule has 0 fully saturated rings. The summed E-state index contributed by atoms with van der Waals surface area (Å²) in [7, 11) is 3.62. The van der Waals surface area contributed by atoms with Gasteiger partial charge in [0.1, 0.15) is 5.00 Å². The van der Waals surface area contributed by atoms with Crippen molar-refractivity contribution in [2.45, 2.75) is 18.8 Å². The highest BCUT2D eigenvalue weighted by molar-refractivity contribution is 7.98. The van der Waals surface area contributed by atoms with Crippen molar-refractivity contribution in [3.8, 4) is 5.00 Å². The van der Waals surface area contributed by atoms with E-state index in [9.17, 15) is 4.79 Å². The number of nitrogens with two attached hydrogens (primary N) is 1. The van der Waals surface area contributed by atoms with E-state index >= 15 is 0 Å². The summed E-state index contributed by atoms with van der Waals surface area (Å²) in [6, 6.07) is 3.89. The molecule has 0 bridgehead atoms. The molecule has 0 saturated carbocycles. The van der Waals surface area contributed by atoms with Gasteiger partial charge in [-0.05, 0) is 29.9 Å². The number of carbonyl (C=O) groups excluding carboxylic acids is 1. The van der Waals surface area contributed by atoms with Gasteiger partial charge >= 0.3 is 5.97 Å². The van der Waals surface area contributed by atoms with E-state index in [1.165, 1.54) is 4.88 Å². The molecule has 1 aliphatic rings. The Kier molecular flexibility index (Phi) is 5.23. The third kappa shape index (κ3) is 3.69. The zero-order valence-electron chi connectivity index (χ0n) is 15.6. The molecule has 2 N–H and O–H groups in total. The quantitative estimate of drug-likeness (QED) is 0.634. The number of aromatic nitrogens is 4. The first-order chi connectivity index (χ1) is 13.5. The molecule has 10 heteroatoms. The van der Waals surface area contributed by atoms with Crippen molar-refractivity contribution in [2.24, 2.45) is 0 Å². The molecule has 146 valence electrons. The molecule has 0 aromatic carbocycles. The van der Waals surface area contributed by atoms with Crippen LogP contribution in [0.1, 0.15) is 26.6 Å². The van der Waals surface area contributed by atoms with Crippen LogP contribution in [0.2, 0.25) is 0 Å². The monoisotopic (exact) mass is 416 g/mol. The second-order valence-electron chi connectivity index (χ2n) is 6.46. The molecule has 0 unspecified atom stereocenters. The Morgan fingerprint density at radius 1 is 1.29 bits per heavy atom. The first-order valence-electron chi connectivity index (χ1n) is 8.73. The van der Waals surface area contributed by atoms with E-state index in [-0.39, 0.29) is 18.5 Å². The minimum absolute atomic E-state index is 0.0586. The van der Waals surface area contributed by atoms with E-state index in [1.807, 2.05) is 55.0 Å². The minimum Gasteiger partial charge on any atom is -0.454 e. The molecule has 3 aromatic rings. The molecule has 0 radical (unpaired) electrons. The third-order valence-electron chi connectivity index (χ3n) is 4.26. The first-order valence-corrected chi connectivity index (χ1v) is 10.7. The number of thioether (sulfide) groups is 1. The lowest BCUT2D eigenvalue weighted by Gasteiger charge is -2.13. The Labute approximate surface area is 170 Å². The number of nitrogen functional groups attached to an aromatic ring is 1. The number of fused-ring (bicyclic) bond motifs is 1. The van der Waals surface area contributed by atoms with Gasteiger partial charge in [0.05, 0.1) is 5.56 Å². The van der Waals surface area contributed by atoms with Gasteiger partial charge in [0, 0.05) is 37.1 Å². The summed E-state index contributed by atoms with van der Waals surface area (Å²) in [5.74, 6) is 2.42. The van der Waals surface area contributed by atoms with Gasteiger partial charge in [-0.25, -0.2) is 4.79 Å². The summed E-state index contributed by atoms with van der Waals surface area (Å²) in [6.45, 7) is -0.0586. The van der Waals surface area contributed by atoms with Crippen molar-refractivity contribution in [3.05, 3.63) is 46.4 Å². The SMILES string of the molecule is CN(C)c1nc(N)nc(COC(=O)c2c(-n3cccc3)sc3c2CCSC3)n1. The number of thiophene rings is 1. The van der Waals surface area contributed by atoms with E-state index in [0.29, 0.717) is 17.3 Å². The van der Waals surface area contributed by atoms with Gasteiger partial charge in [-0.1, -0.05) is 0 Å². The van der Waals surface area contributed by atoms with Gasteiger partial charge in [-0.3, -0.25) is 0 Å². The zero-order valence-corrected chi connectivity index (χ0v) is 17.2. The molecule has 3 aromatic heterocycles. The van der Waals surface area contributed by atoms with Gasteiger partial charge in [-0.15, -0.1) is 11.3 Å². The van der Waals surface area contributed by atoms with E-state index < -0.39 is 0 Å². The summed E-state index contributed by atoms with van der Waals surface area (Å²) < 4.78 is 7.56. The molecule has 0 aliphatic carbocycles. The summed E-state index contributed by atoms with van der Waals surface area (Å²) in [4.78, 5) is 28.4. The van der Waals surface area contributed by atoms with E-state index in [1.54, 1.807) is 16.2 Å². The Bertz CT molecular complexity index is 1000. The van der Waals surface area contributed by atoms with Crippen LogP contribution in [-0.2, 0) is 23.5 Å². The maximum Gasteiger partial charge on any atom is 0.341 e. The lowest BCUT2D eigenvalue weighted by atomic mass is 10.1. The van der Waals surface area contributed by atoms with Crippen molar-refractivity contribution >= 4 is 41.0 Å². The molecule has 4 rings (SSSR count). The second kappa shape index (κ2) is 7.80. The van der Waals surface area contributed by atoms with E-state index in [4.69, 9.17) is 10.5 Å². The van der Waals surface area contributed by atoms with Crippen LogP contribution in [0.4, 0.5) is 11.9 Å². The van der Waals surface area contributed by atoms with E-state index in [0.717, 1.165) is 28.5 Å². The largest absolute Gasteiger partial charge is 0.454 e. The maximum atomic E-state index is 13.0. The van der Waals surface area contributed by atoms with Crippen LogP contribution in [0.5, 0.6) is 0 Å². The lowest BCUT2D eigenvalue weighted by molar-refractivity contribution is 0.0461. The molecule has 0 atom stereocenters. The van der Waals surface area contributed by atoms with Crippen molar-refractivity contribution in [1.82, 2.24) is 19.5 Å². The number of nitrogens with zero attached hydrogens (tertiary/aromatic N) is 5. The topological polar surface area (TPSA) is 99.2 Å². The maximum absolute atomic E-state index is 13.0. The van der Waals surface area contributed by atoms with Gasteiger partial charge in [0.15, 0.2) is 12.4 Å². The van der Waals surface area contributed by atoms with Crippen LogP contribution in [0.3, 0.4) is 0 Å². The van der Waals surface area contributed by atoms with Gasteiger partial charge in [0.25, 0.3) is 0 Å². The number of ether oxygens (including phenoxy) is 1. The highest BCUT2D eigenvalue weighted by Gasteiger charge is 2.27. The van der Waals surface area contributed by atoms with Crippen molar-refractivity contribution in [1.29, 1.82) is 0 Å². The van der Waals surface area contributed by atoms with Gasteiger partial charge in [-0.2, -0.15) is 26.7 Å². The van der Waals surface area contributed by atoms with Crippen LogP contribution in [0.15, 0.2) is 24.5 Å². The summed E-state index contributed by atoms with van der Waals surface area (Å²) in [5.41, 5.74) is 7.49. The number of hydrogen-bond acceptors (Lipinski definition) is 9. The summed E-state index contributed by atoms with van der Waals surface area (Å²) >= 11 is 3.54. The Morgan fingerprint density at radius 2 is 2.07 bits per heavy atom. The number of anilines is 2. The number of rotatable bonds is 5. The number of hydrogen-bond donors (Lipinski definition) is 1. The van der Waals surface area contributed by atoms with Crippen molar-refractivity contribution in [2.75, 3.05) is 30.5 Å². The Hall–Kier alpha value is -2.59. The Balaban J connectivity index is 1.61.